The van der Waals surface area contributed by atoms with Gasteiger partial charge >= 0.3 is 0 Å². The number of phenolic OH excluding ortho intramolecular Hbond substituents is 1. The third-order valence-corrected chi connectivity index (χ3v) is 4.49. The highest BCUT2D eigenvalue weighted by molar-refractivity contribution is 5.97. The van der Waals surface area contributed by atoms with Crippen molar-refractivity contribution in [1.29, 1.82) is 0 Å². The number of hydrogen-bond donors (Lipinski definition) is 4. The molecule has 6 heteroatoms. The van der Waals surface area contributed by atoms with E-state index in [9.17, 15) is 14.7 Å². The summed E-state index contributed by atoms with van der Waals surface area (Å²) in [5.41, 5.74) is 8.32. The van der Waals surface area contributed by atoms with Crippen LogP contribution in [-0.4, -0.2) is 29.5 Å². The summed E-state index contributed by atoms with van der Waals surface area (Å²) in [5, 5.41) is 15.0. The molecule has 28 heavy (non-hydrogen) atoms. The van der Waals surface area contributed by atoms with E-state index in [4.69, 9.17) is 5.73 Å². The standard InChI is InChI=1S/C22H29N3O3/c1-16-5-10-18(11-6-16)24-22(28)20(4-2-3-15-23)25-21(27)14-9-17-7-12-19(26)13-8-17/h5-8,10-13,20,26H,2-4,9,14-15,23H2,1H3,(H,24,28)(H,25,27)/t20-/m1/s1. The zero-order chi connectivity index (χ0) is 20.4. The van der Waals surface area contributed by atoms with Gasteiger partial charge in [0.25, 0.3) is 0 Å². The molecule has 0 radical (unpaired) electrons. The molecule has 0 heterocycles. The number of nitrogens with one attached hydrogen (secondary N) is 2. The molecule has 2 aromatic carbocycles. The summed E-state index contributed by atoms with van der Waals surface area (Å²) in [6, 6.07) is 13.7. The summed E-state index contributed by atoms with van der Waals surface area (Å²) in [7, 11) is 0. The van der Waals surface area contributed by atoms with Crippen LogP contribution >= 0.6 is 0 Å². The number of carbonyl (C=O) groups excluding carboxylic acids is 2. The number of benzene rings is 2. The van der Waals surface area contributed by atoms with Gasteiger partial charge in [-0.25, -0.2) is 0 Å². The molecule has 0 saturated carbocycles. The van der Waals surface area contributed by atoms with Crippen molar-refractivity contribution in [2.45, 2.75) is 45.1 Å². The molecule has 0 aliphatic heterocycles. The Kier molecular flexibility index (Phi) is 8.49. The Morgan fingerprint density at radius 3 is 2.36 bits per heavy atom. The molecule has 0 bridgehead atoms. The number of hydrogen-bond acceptors (Lipinski definition) is 4. The van der Waals surface area contributed by atoms with Crippen LogP contribution in [0.2, 0.25) is 0 Å². The lowest BCUT2D eigenvalue weighted by molar-refractivity contribution is -0.126. The predicted octanol–water partition coefficient (Wildman–Crippen LogP) is 2.89. The van der Waals surface area contributed by atoms with Crippen LogP contribution in [-0.2, 0) is 16.0 Å². The van der Waals surface area contributed by atoms with Gasteiger partial charge < -0.3 is 21.5 Å². The molecule has 0 fully saturated rings. The van der Waals surface area contributed by atoms with Crippen molar-refractivity contribution in [1.82, 2.24) is 5.32 Å². The first-order valence-electron chi connectivity index (χ1n) is 9.63. The van der Waals surface area contributed by atoms with Crippen molar-refractivity contribution >= 4 is 17.5 Å². The van der Waals surface area contributed by atoms with Crippen LogP contribution < -0.4 is 16.4 Å². The highest BCUT2D eigenvalue weighted by Gasteiger charge is 2.20. The predicted molar refractivity (Wildman–Crippen MR) is 111 cm³/mol. The summed E-state index contributed by atoms with van der Waals surface area (Å²) in [5.74, 6) is -0.204. The van der Waals surface area contributed by atoms with Crippen LogP contribution in [0.5, 0.6) is 5.75 Å². The Morgan fingerprint density at radius 1 is 1.04 bits per heavy atom. The monoisotopic (exact) mass is 383 g/mol. The molecule has 0 unspecified atom stereocenters. The molecule has 6 nitrogen and oxygen atoms in total. The number of anilines is 1. The molecule has 0 aliphatic rings. The number of amides is 2. The van der Waals surface area contributed by atoms with Crippen molar-refractivity contribution in [3.05, 3.63) is 59.7 Å². The molecule has 0 spiro atoms. The van der Waals surface area contributed by atoms with Crippen molar-refractivity contribution in [2.24, 2.45) is 5.73 Å². The third-order valence-electron chi connectivity index (χ3n) is 4.49. The Bertz CT molecular complexity index is 758. The van der Waals surface area contributed by atoms with Gasteiger partial charge in [0.05, 0.1) is 0 Å². The minimum Gasteiger partial charge on any atom is -0.508 e. The second-order valence-electron chi connectivity index (χ2n) is 6.93. The van der Waals surface area contributed by atoms with Gasteiger partial charge in [0.2, 0.25) is 11.8 Å². The van der Waals surface area contributed by atoms with Gasteiger partial charge in [0.1, 0.15) is 11.8 Å². The van der Waals surface area contributed by atoms with Crippen molar-refractivity contribution in [3.63, 3.8) is 0 Å². The van der Waals surface area contributed by atoms with Crippen LogP contribution in [0.1, 0.15) is 36.8 Å². The van der Waals surface area contributed by atoms with Gasteiger partial charge in [-0.15, -0.1) is 0 Å². The second-order valence-corrected chi connectivity index (χ2v) is 6.93. The van der Waals surface area contributed by atoms with Crippen LogP contribution in [0.3, 0.4) is 0 Å². The van der Waals surface area contributed by atoms with Crippen molar-refractivity contribution < 1.29 is 14.7 Å². The summed E-state index contributed by atoms with van der Waals surface area (Å²) in [4.78, 5) is 25.0. The van der Waals surface area contributed by atoms with E-state index in [1.807, 2.05) is 31.2 Å². The summed E-state index contributed by atoms with van der Waals surface area (Å²) < 4.78 is 0. The highest BCUT2D eigenvalue weighted by Crippen LogP contribution is 2.13. The molecular formula is C22H29N3O3. The lowest BCUT2D eigenvalue weighted by Crippen LogP contribution is -2.44. The van der Waals surface area contributed by atoms with Crippen LogP contribution in [0.25, 0.3) is 0 Å². The summed E-state index contributed by atoms with van der Waals surface area (Å²) in [6.45, 7) is 2.54. The molecule has 5 N–H and O–H groups in total. The maximum atomic E-state index is 12.7. The number of phenols is 1. The van der Waals surface area contributed by atoms with Crippen molar-refractivity contribution in [3.8, 4) is 5.75 Å². The molecule has 0 saturated heterocycles. The Balaban J connectivity index is 1.92. The molecule has 0 aliphatic carbocycles. The Morgan fingerprint density at radius 2 is 1.71 bits per heavy atom. The SMILES string of the molecule is Cc1ccc(NC(=O)[C@@H](CCCCN)NC(=O)CCc2ccc(O)cc2)cc1. The van der Waals surface area contributed by atoms with E-state index in [1.165, 1.54) is 0 Å². The topological polar surface area (TPSA) is 104 Å². The number of rotatable bonds is 10. The molecule has 150 valence electrons. The van der Waals surface area contributed by atoms with E-state index in [1.54, 1.807) is 24.3 Å². The highest BCUT2D eigenvalue weighted by atomic mass is 16.3. The van der Waals surface area contributed by atoms with E-state index in [2.05, 4.69) is 10.6 Å². The normalized spacial score (nSPS) is 11.6. The third kappa shape index (κ3) is 7.40. The smallest absolute Gasteiger partial charge is 0.246 e. The molecule has 0 aromatic heterocycles. The van der Waals surface area contributed by atoms with Gasteiger partial charge in [-0.05, 0) is 69.0 Å². The Hall–Kier alpha value is -2.86. The van der Waals surface area contributed by atoms with E-state index >= 15 is 0 Å². The van der Waals surface area contributed by atoms with Crippen LogP contribution in [0.4, 0.5) is 5.69 Å². The maximum absolute atomic E-state index is 12.7. The lowest BCUT2D eigenvalue weighted by atomic mass is 10.1. The van der Waals surface area contributed by atoms with Gasteiger partial charge in [-0.3, -0.25) is 9.59 Å². The largest absolute Gasteiger partial charge is 0.508 e. The first-order chi connectivity index (χ1) is 13.5. The number of carbonyl (C=O) groups is 2. The molecular weight excluding hydrogens is 354 g/mol. The summed E-state index contributed by atoms with van der Waals surface area (Å²) >= 11 is 0. The number of nitrogens with two attached hydrogens (primary N) is 1. The molecule has 2 amide bonds. The average Bonchev–Trinajstić information content (AvgIpc) is 2.68. The minimum atomic E-state index is -0.597. The zero-order valence-electron chi connectivity index (χ0n) is 16.3. The fourth-order valence-electron chi connectivity index (χ4n) is 2.81. The number of unbranched alkanes of at least 4 members (excludes halogenated alkanes) is 1. The average molecular weight is 383 g/mol. The minimum absolute atomic E-state index is 0.176. The fraction of sp³-hybridized carbons (Fsp3) is 0.364. The molecule has 2 rings (SSSR count). The van der Waals surface area contributed by atoms with Crippen LogP contribution in [0, 0.1) is 6.92 Å². The quantitative estimate of drug-likeness (QED) is 0.474. The van der Waals surface area contributed by atoms with E-state index in [0.29, 0.717) is 25.1 Å². The maximum Gasteiger partial charge on any atom is 0.246 e. The first kappa shape index (κ1) is 21.4. The first-order valence-corrected chi connectivity index (χ1v) is 9.63. The molecule has 2 aromatic rings. The number of aromatic hydroxyl groups is 1. The van der Waals surface area contributed by atoms with Gasteiger partial charge in [-0.1, -0.05) is 29.8 Å². The molecule has 1 atom stereocenters. The second kappa shape index (κ2) is 11.1. The van der Waals surface area contributed by atoms with Gasteiger partial charge in [0.15, 0.2) is 0 Å². The van der Waals surface area contributed by atoms with Gasteiger partial charge in [0, 0.05) is 12.1 Å². The lowest BCUT2D eigenvalue weighted by Gasteiger charge is -2.18. The van der Waals surface area contributed by atoms with Gasteiger partial charge in [-0.2, -0.15) is 0 Å². The van der Waals surface area contributed by atoms with Crippen molar-refractivity contribution in [2.75, 3.05) is 11.9 Å². The van der Waals surface area contributed by atoms with E-state index in [-0.39, 0.29) is 24.0 Å². The van der Waals surface area contributed by atoms with Crippen LogP contribution in [0.15, 0.2) is 48.5 Å². The van der Waals surface area contributed by atoms with E-state index < -0.39 is 6.04 Å². The van der Waals surface area contributed by atoms with E-state index in [0.717, 1.165) is 24.0 Å². The zero-order valence-corrected chi connectivity index (χ0v) is 16.3. The summed E-state index contributed by atoms with van der Waals surface area (Å²) in [6.07, 6.45) is 2.93. The Labute approximate surface area is 166 Å². The number of aryl methyl sites for hydroxylation is 2. The fourth-order valence-corrected chi connectivity index (χ4v) is 2.81.